The summed E-state index contributed by atoms with van der Waals surface area (Å²) in [5.74, 6) is 0.0736. The first-order chi connectivity index (χ1) is 9.84. The van der Waals surface area contributed by atoms with Crippen molar-refractivity contribution in [3.8, 4) is 0 Å². The molecule has 0 bridgehead atoms. The second-order valence-corrected chi connectivity index (χ2v) is 8.39. The van der Waals surface area contributed by atoms with Crippen LogP contribution in [0.15, 0.2) is 23.1 Å². The Hall–Kier alpha value is -0.670. The summed E-state index contributed by atoms with van der Waals surface area (Å²) < 4.78 is 31.8. The normalized spacial score (nSPS) is 16.6. The Morgan fingerprint density at radius 1 is 1.29 bits per heavy atom. The third-order valence-corrected chi connectivity index (χ3v) is 5.76. The topological polar surface area (TPSA) is 63.7 Å². The summed E-state index contributed by atoms with van der Waals surface area (Å²) in [6, 6.07) is 4.78. The maximum atomic E-state index is 12.3. The van der Waals surface area contributed by atoms with Crippen molar-refractivity contribution in [2.24, 2.45) is 5.92 Å². The van der Waals surface area contributed by atoms with Crippen LogP contribution in [0.5, 0.6) is 0 Å². The summed E-state index contributed by atoms with van der Waals surface area (Å²) in [7, 11) is -3.72. The number of hydrogen-bond acceptors (Lipinski definition) is 4. The van der Waals surface area contributed by atoms with Gasteiger partial charge in [-0.2, -0.15) is 0 Å². The standard InChI is InChI=1S/C14H18INO4S/c1-10(2)5-7-20-8-6-16-14(17)12-9-11(15)3-4-13(12)21(16,18)19/h3-4,9-10H,5-8H2,1-2H3. The quantitative estimate of drug-likeness (QED) is 0.521. The van der Waals surface area contributed by atoms with Crippen LogP contribution in [0.3, 0.4) is 0 Å². The zero-order valence-corrected chi connectivity index (χ0v) is 15.0. The molecule has 1 aliphatic rings. The van der Waals surface area contributed by atoms with Gasteiger partial charge in [-0.15, -0.1) is 0 Å². The highest BCUT2D eigenvalue weighted by Gasteiger charge is 2.40. The number of amides is 1. The van der Waals surface area contributed by atoms with E-state index < -0.39 is 15.9 Å². The Balaban J connectivity index is 2.04. The molecule has 0 atom stereocenters. The lowest BCUT2D eigenvalue weighted by Crippen LogP contribution is -2.33. The smallest absolute Gasteiger partial charge is 0.269 e. The van der Waals surface area contributed by atoms with Crippen LogP contribution in [0.4, 0.5) is 0 Å². The zero-order chi connectivity index (χ0) is 15.6. The van der Waals surface area contributed by atoms with Gasteiger partial charge < -0.3 is 4.74 Å². The molecule has 0 radical (unpaired) electrons. The Morgan fingerprint density at radius 3 is 2.67 bits per heavy atom. The molecule has 0 aromatic heterocycles. The first-order valence-corrected chi connectivity index (χ1v) is 9.30. The molecule has 2 rings (SSSR count). The van der Waals surface area contributed by atoms with E-state index in [4.69, 9.17) is 4.74 Å². The number of hydrogen-bond donors (Lipinski definition) is 0. The van der Waals surface area contributed by atoms with Crippen molar-refractivity contribution in [1.29, 1.82) is 0 Å². The van der Waals surface area contributed by atoms with Crippen LogP contribution in [-0.2, 0) is 14.8 Å². The van der Waals surface area contributed by atoms with E-state index in [0.29, 0.717) is 12.5 Å². The van der Waals surface area contributed by atoms with Crippen LogP contribution in [0, 0.1) is 9.49 Å². The average molecular weight is 423 g/mol. The maximum Gasteiger partial charge on any atom is 0.269 e. The molecule has 0 unspecified atom stereocenters. The van der Waals surface area contributed by atoms with Gasteiger partial charge in [-0.05, 0) is 53.1 Å². The van der Waals surface area contributed by atoms with Crippen molar-refractivity contribution in [3.63, 3.8) is 0 Å². The molecule has 0 saturated carbocycles. The molecule has 7 heteroatoms. The molecule has 0 aliphatic carbocycles. The number of halogens is 1. The van der Waals surface area contributed by atoms with Crippen molar-refractivity contribution >= 4 is 38.5 Å². The van der Waals surface area contributed by atoms with E-state index in [2.05, 4.69) is 36.4 Å². The number of rotatable bonds is 6. The van der Waals surface area contributed by atoms with E-state index >= 15 is 0 Å². The minimum Gasteiger partial charge on any atom is -0.380 e. The molecule has 0 spiro atoms. The molecular formula is C14H18INO4S. The fraction of sp³-hybridized carbons (Fsp3) is 0.500. The van der Waals surface area contributed by atoms with Gasteiger partial charge in [0.2, 0.25) is 0 Å². The number of carbonyl (C=O) groups is 1. The van der Waals surface area contributed by atoms with Crippen molar-refractivity contribution in [1.82, 2.24) is 4.31 Å². The molecule has 21 heavy (non-hydrogen) atoms. The first kappa shape index (κ1) is 16.7. The van der Waals surface area contributed by atoms with Crippen molar-refractivity contribution < 1.29 is 17.9 Å². The summed E-state index contributed by atoms with van der Waals surface area (Å²) in [6.45, 7) is 5.05. The van der Waals surface area contributed by atoms with Gasteiger partial charge in [0.05, 0.1) is 18.7 Å². The molecule has 116 valence electrons. The lowest BCUT2D eigenvalue weighted by atomic mass is 10.1. The first-order valence-electron chi connectivity index (χ1n) is 6.78. The fourth-order valence-electron chi connectivity index (χ4n) is 2.05. The summed E-state index contributed by atoms with van der Waals surface area (Å²) in [4.78, 5) is 12.3. The van der Waals surface area contributed by atoms with E-state index in [9.17, 15) is 13.2 Å². The van der Waals surface area contributed by atoms with Crippen LogP contribution < -0.4 is 0 Å². The molecule has 1 aliphatic heterocycles. The summed E-state index contributed by atoms with van der Waals surface area (Å²) >= 11 is 2.06. The van der Waals surface area contributed by atoms with Gasteiger partial charge in [0.15, 0.2) is 0 Å². The second kappa shape index (κ2) is 6.62. The Morgan fingerprint density at radius 2 is 2.00 bits per heavy atom. The Labute approximate surface area is 138 Å². The van der Waals surface area contributed by atoms with Gasteiger partial charge in [0, 0.05) is 10.2 Å². The van der Waals surface area contributed by atoms with Crippen LogP contribution in [-0.4, -0.2) is 38.4 Å². The van der Waals surface area contributed by atoms with E-state index in [1.807, 2.05) is 0 Å². The molecule has 0 saturated heterocycles. The number of fused-ring (bicyclic) bond motifs is 1. The van der Waals surface area contributed by atoms with Gasteiger partial charge in [-0.3, -0.25) is 4.79 Å². The summed E-state index contributed by atoms with van der Waals surface area (Å²) in [5, 5.41) is 0. The van der Waals surface area contributed by atoms with Crippen LogP contribution in [0.1, 0.15) is 30.6 Å². The van der Waals surface area contributed by atoms with E-state index in [-0.39, 0.29) is 23.6 Å². The molecule has 1 heterocycles. The SMILES string of the molecule is CC(C)CCOCCN1C(=O)c2cc(I)ccc2S1(=O)=O. The predicted molar refractivity (Wildman–Crippen MR) is 87.7 cm³/mol. The highest BCUT2D eigenvalue weighted by Crippen LogP contribution is 2.30. The van der Waals surface area contributed by atoms with Gasteiger partial charge in [0.25, 0.3) is 15.9 Å². The van der Waals surface area contributed by atoms with E-state index in [0.717, 1.165) is 14.3 Å². The monoisotopic (exact) mass is 423 g/mol. The third kappa shape index (κ3) is 3.57. The van der Waals surface area contributed by atoms with E-state index in [1.165, 1.54) is 6.07 Å². The lowest BCUT2D eigenvalue weighted by molar-refractivity contribution is 0.0785. The minimum absolute atomic E-state index is 0.0600. The summed E-state index contributed by atoms with van der Waals surface area (Å²) in [6.07, 6.45) is 0.916. The summed E-state index contributed by atoms with van der Waals surface area (Å²) in [5.41, 5.74) is 0.254. The van der Waals surface area contributed by atoms with Crippen molar-refractivity contribution in [2.75, 3.05) is 19.8 Å². The number of sulfonamides is 1. The minimum atomic E-state index is -3.72. The average Bonchev–Trinajstić information content (AvgIpc) is 2.58. The molecule has 1 aromatic rings. The molecule has 1 aromatic carbocycles. The van der Waals surface area contributed by atoms with Crippen molar-refractivity contribution in [2.45, 2.75) is 25.2 Å². The number of benzene rings is 1. The third-order valence-electron chi connectivity index (χ3n) is 3.24. The van der Waals surface area contributed by atoms with Crippen LogP contribution in [0.2, 0.25) is 0 Å². The molecule has 5 nitrogen and oxygen atoms in total. The lowest BCUT2D eigenvalue weighted by Gasteiger charge is -2.15. The van der Waals surface area contributed by atoms with Gasteiger partial charge in [0.1, 0.15) is 4.90 Å². The zero-order valence-electron chi connectivity index (χ0n) is 12.0. The highest BCUT2D eigenvalue weighted by atomic mass is 127. The largest absolute Gasteiger partial charge is 0.380 e. The van der Waals surface area contributed by atoms with Crippen LogP contribution in [0.25, 0.3) is 0 Å². The molecule has 0 N–H and O–H groups in total. The van der Waals surface area contributed by atoms with Gasteiger partial charge in [-0.25, -0.2) is 12.7 Å². The Kier molecular flexibility index (Phi) is 5.26. The fourth-order valence-corrected chi connectivity index (χ4v) is 4.07. The number of carbonyl (C=O) groups excluding carboxylic acids is 1. The molecular weight excluding hydrogens is 405 g/mol. The number of ether oxygens (including phenoxy) is 1. The maximum absolute atomic E-state index is 12.3. The second-order valence-electron chi connectivity index (χ2n) is 5.32. The van der Waals surface area contributed by atoms with Gasteiger partial charge in [-0.1, -0.05) is 13.8 Å². The number of nitrogens with zero attached hydrogens (tertiary/aromatic N) is 1. The molecule has 1 amide bonds. The van der Waals surface area contributed by atoms with E-state index in [1.54, 1.807) is 12.1 Å². The Bertz CT molecular complexity index is 642. The molecule has 0 fully saturated rings. The van der Waals surface area contributed by atoms with Crippen LogP contribution >= 0.6 is 22.6 Å². The highest BCUT2D eigenvalue weighted by molar-refractivity contribution is 14.1. The van der Waals surface area contributed by atoms with Crippen molar-refractivity contribution in [3.05, 3.63) is 27.3 Å². The van der Waals surface area contributed by atoms with Gasteiger partial charge >= 0.3 is 0 Å². The predicted octanol–water partition coefficient (Wildman–Crippen LogP) is 2.50.